The molecule has 0 fully saturated rings. The highest BCUT2D eigenvalue weighted by Gasteiger charge is 2.44. The fraction of sp³-hybridized carbons (Fsp3) is 0.273. The van der Waals surface area contributed by atoms with Crippen LogP contribution in [0.1, 0.15) is 30.5 Å². The smallest absolute Gasteiger partial charge is 0.336 e. The highest BCUT2D eigenvalue weighted by Crippen LogP contribution is 2.38. The lowest BCUT2D eigenvalue weighted by molar-refractivity contribution is -0.139. The Bertz CT molecular complexity index is 1050. The van der Waals surface area contributed by atoms with Gasteiger partial charge in [-0.1, -0.05) is 54.1 Å². The summed E-state index contributed by atoms with van der Waals surface area (Å²) in [5.41, 5.74) is 1.73. The van der Waals surface area contributed by atoms with Crippen LogP contribution >= 0.6 is 0 Å². The van der Waals surface area contributed by atoms with E-state index in [9.17, 15) is 18.5 Å². The number of nitrogens with zero attached hydrogens (tertiary/aromatic N) is 2. The Hall–Kier alpha value is -2.95. The second kappa shape index (κ2) is 8.60. The van der Waals surface area contributed by atoms with Gasteiger partial charge in [0.25, 0.3) is 0 Å². The second-order valence-electron chi connectivity index (χ2n) is 6.72. The average Bonchev–Trinajstić information content (AvgIpc) is 2.73. The molecule has 2 aromatic rings. The topological polar surface area (TPSA) is 87.5 Å². The van der Waals surface area contributed by atoms with Crippen LogP contribution in [-0.2, 0) is 19.6 Å². The van der Waals surface area contributed by atoms with E-state index in [2.05, 4.69) is 0 Å². The first kappa shape index (κ1) is 20.8. The number of hydrogen-bond acceptors (Lipinski definition) is 5. The first-order valence-electron chi connectivity index (χ1n) is 9.32. The number of esters is 1. The quantitative estimate of drug-likeness (QED) is 0.704. The maximum Gasteiger partial charge on any atom is 0.336 e. The molecule has 0 unspecified atom stereocenters. The van der Waals surface area contributed by atoms with Crippen molar-refractivity contribution in [2.75, 3.05) is 6.61 Å². The molecule has 6 nitrogen and oxygen atoms in total. The first-order chi connectivity index (χ1) is 13.9. The van der Waals surface area contributed by atoms with Gasteiger partial charge in [0.05, 0.1) is 29.2 Å². The zero-order chi connectivity index (χ0) is 21.0. The van der Waals surface area contributed by atoms with Gasteiger partial charge in [-0.2, -0.15) is 9.57 Å². The van der Waals surface area contributed by atoms with Crippen molar-refractivity contribution in [2.45, 2.75) is 37.2 Å². The Morgan fingerprint density at radius 1 is 1.17 bits per heavy atom. The van der Waals surface area contributed by atoms with Gasteiger partial charge in [-0.15, -0.1) is 0 Å². The maximum atomic E-state index is 13.6. The van der Waals surface area contributed by atoms with Gasteiger partial charge in [0.15, 0.2) is 0 Å². The number of sulfonamides is 1. The first-order valence-corrected chi connectivity index (χ1v) is 10.8. The molecule has 0 saturated heterocycles. The van der Waals surface area contributed by atoms with Crippen LogP contribution in [0.15, 0.2) is 71.1 Å². The SMILES string of the molecule is CCOC(=O)C1=CC[C@@H](c2ccccc2)N(S(=O)(=O)c2ccc(C)cc2)[C@@H]1C#N. The lowest BCUT2D eigenvalue weighted by Crippen LogP contribution is -2.47. The van der Waals surface area contributed by atoms with E-state index in [1.165, 1.54) is 12.1 Å². The van der Waals surface area contributed by atoms with Crippen molar-refractivity contribution in [3.05, 3.63) is 77.4 Å². The van der Waals surface area contributed by atoms with Gasteiger partial charge in [-0.05, 0) is 38.0 Å². The number of rotatable bonds is 5. The summed E-state index contributed by atoms with van der Waals surface area (Å²) in [4.78, 5) is 12.5. The summed E-state index contributed by atoms with van der Waals surface area (Å²) in [7, 11) is -4.06. The predicted molar refractivity (Wildman–Crippen MR) is 108 cm³/mol. The fourth-order valence-electron chi connectivity index (χ4n) is 3.40. The summed E-state index contributed by atoms with van der Waals surface area (Å²) in [6.45, 7) is 3.67. The summed E-state index contributed by atoms with van der Waals surface area (Å²) >= 11 is 0. The molecule has 150 valence electrons. The van der Waals surface area contributed by atoms with E-state index in [1.54, 1.807) is 25.1 Å². The lowest BCUT2D eigenvalue weighted by atomic mass is 9.94. The summed E-state index contributed by atoms with van der Waals surface area (Å²) in [5, 5.41) is 9.86. The molecular weight excluding hydrogens is 388 g/mol. The van der Waals surface area contributed by atoms with Crippen molar-refractivity contribution < 1.29 is 17.9 Å². The molecule has 2 aromatic carbocycles. The highest BCUT2D eigenvalue weighted by molar-refractivity contribution is 7.89. The van der Waals surface area contributed by atoms with Gasteiger partial charge in [-0.3, -0.25) is 0 Å². The number of hydrogen-bond donors (Lipinski definition) is 0. The highest BCUT2D eigenvalue weighted by atomic mass is 32.2. The van der Waals surface area contributed by atoms with Crippen molar-refractivity contribution in [2.24, 2.45) is 0 Å². The molecule has 3 rings (SSSR count). The molecule has 1 aliphatic rings. The second-order valence-corrected chi connectivity index (χ2v) is 8.56. The van der Waals surface area contributed by atoms with Gasteiger partial charge in [0.2, 0.25) is 10.0 Å². The molecule has 0 N–H and O–H groups in total. The number of benzene rings is 2. The maximum absolute atomic E-state index is 13.6. The van der Waals surface area contributed by atoms with Crippen LogP contribution in [0.5, 0.6) is 0 Å². The van der Waals surface area contributed by atoms with Crippen LogP contribution in [0.2, 0.25) is 0 Å². The molecule has 0 aromatic heterocycles. The van der Waals surface area contributed by atoms with E-state index in [0.717, 1.165) is 15.4 Å². The summed E-state index contributed by atoms with van der Waals surface area (Å²) in [6, 6.07) is 15.7. The molecule has 7 heteroatoms. The average molecular weight is 410 g/mol. The third kappa shape index (κ3) is 4.09. The lowest BCUT2D eigenvalue weighted by Gasteiger charge is -2.37. The minimum absolute atomic E-state index is 0.0530. The number of carbonyl (C=O) groups excluding carboxylic acids is 1. The van der Waals surface area contributed by atoms with Crippen LogP contribution in [0.3, 0.4) is 0 Å². The van der Waals surface area contributed by atoms with E-state index >= 15 is 0 Å². The van der Waals surface area contributed by atoms with Gasteiger partial charge in [-0.25, -0.2) is 13.2 Å². The Labute approximate surface area is 171 Å². The molecule has 1 aliphatic heterocycles. The molecule has 0 radical (unpaired) electrons. The Balaban J connectivity index is 2.15. The molecule has 29 heavy (non-hydrogen) atoms. The van der Waals surface area contributed by atoms with Crippen LogP contribution in [0.25, 0.3) is 0 Å². The summed E-state index contributed by atoms with van der Waals surface area (Å²) < 4.78 is 33.3. The Morgan fingerprint density at radius 3 is 2.41 bits per heavy atom. The third-order valence-corrected chi connectivity index (χ3v) is 6.72. The van der Waals surface area contributed by atoms with E-state index < -0.39 is 28.1 Å². The number of aryl methyl sites for hydroxylation is 1. The number of nitriles is 1. The molecule has 1 heterocycles. The van der Waals surface area contributed by atoms with Crippen molar-refractivity contribution in [1.82, 2.24) is 4.31 Å². The van der Waals surface area contributed by atoms with Crippen LogP contribution in [-0.4, -0.2) is 31.3 Å². The zero-order valence-corrected chi connectivity index (χ0v) is 17.1. The molecule has 0 aliphatic carbocycles. The summed E-state index contributed by atoms with van der Waals surface area (Å²) in [6.07, 6.45) is 1.88. The van der Waals surface area contributed by atoms with Crippen LogP contribution < -0.4 is 0 Å². The minimum atomic E-state index is -4.06. The van der Waals surface area contributed by atoms with E-state index in [0.29, 0.717) is 0 Å². The van der Waals surface area contributed by atoms with Crippen molar-refractivity contribution in [1.29, 1.82) is 5.26 Å². The van der Waals surface area contributed by atoms with Crippen molar-refractivity contribution in [3.63, 3.8) is 0 Å². The molecular formula is C22H22N2O4S. The summed E-state index contributed by atoms with van der Waals surface area (Å²) in [5.74, 6) is -0.672. The van der Waals surface area contributed by atoms with E-state index in [-0.39, 0.29) is 23.5 Å². The molecule has 0 bridgehead atoms. The fourth-order valence-corrected chi connectivity index (χ4v) is 5.11. The van der Waals surface area contributed by atoms with Crippen LogP contribution in [0.4, 0.5) is 0 Å². The molecule has 0 spiro atoms. The predicted octanol–water partition coefficient (Wildman–Crippen LogP) is 3.51. The van der Waals surface area contributed by atoms with Gasteiger partial charge < -0.3 is 4.74 Å². The standard InChI is InChI=1S/C22H22N2O4S/c1-3-28-22(25)19-13-14-20(17-7-5-4-6-8-17)24(21(19)15-23)29(26,27)18-11-9-16(2)10-12-18/h4-13,20-21H,3,14H2,1-2H3/t20-,21+/m0/s1. The van der Waals surface area contributed by atoms with E-state index in [1.807, 2.05) is 43.3 Å². The third-order valence-electron chi connectivity index (χ3n) is 4.83. The Kier molecular flexibility index (Phi) is 6.16. The van der Waals surface area contributed by atoms with Crippen LogP contribution in [0, 0.1) is 18.3 Å². The minimum Gasteiger partial charge on any atom is -0.463 e. The zero-order valence-electron chi connectivity index (χ0n) is 16.3. The van der Waals surface area contributed by atoms with Gasteiger partial charge in [0, 0.05) is 0 Å². The van der Waals surface area contributed by atoms with Crippen molar-refractivity contribution >= 4 is 16.0 Å². The normalized spacial score (nSPS) is 19.8. The van der Waals surface area contributed by atoms with Gasteiger partial charge >= 0.3 is 5.97 Å². The van der Waals surface area contributed by atoms with E-state index in [4.69, 9.17) is 4.74 Å². The largest absolute Gasteiger partial charge is 0.463 e. The monoisotopic (exact) mass is 410 g/mol. The molecule has 2 atom stereocenters. The number of ether oxygens (including phenoxy) is 1. The molecule has 0 amide bonds. The Morgan fingerprint density at radius 2 is 1.83 bits per heavy atom. The number of carbonyl (C=O) groups is 1. The van der Waals surface area contributed by atoms with Gasteiger partial charge in [0.1, 0.15) is 6.04 Å². The van der Waals surface area contributed by atoms with Crippen molar-refractivity contribution in [3.8, 4) is 6.07 Å². The molecule has 0 saturated carbocycles.